The van der Waals surface area contributed by atoms with Crippen LogP contribution in [0.1, 0.15) is 36.4 Å². The van der Waals surface area contributed by atoms with E-state index in [-0.39, 0.29) is 11.9 Å². The van der Waals surface area contributed by atoms with Gasteiger partial charge in [0.05, 0.1) is 7.11 Å². The van der Waals surface area contributed by atoms with Crippen LogP contribution < -0.4 is 0 Å². The Hall–Kier alpha value is -1.81. The fourth-order valence-electron chi connectivity index (χ4n) is 5.12. The summed E-state index contributed by atoms with van der Waals surface area (Å²) in [6, 6.07) is 8.77. The molecule has 2 fully saturated rings. The summed E-state index contributed by atoms with van der Waals surface area (Å²) in [6.45, 7) is 1.68. The Morgan fingerprint density at radius 1 is 1.22 bits per heavy atom. The highest BCUT2D eigenvalue weighted by Crippen LogP contribution is 2.46. The number of benzene rings is 1. The molecule has 2 unspecified atom stereocenters. The Morgan fingerprint density at radius 2 is 2.11 bits per heavy atom. The molecule has 2 heterocycles. The fourth-order valence-corrected chi connectivity index (χ4v) is 5.12. The van der Waals surface area contributed by atoms with Gasteiger partial charge in [-0.2, -0.15) is 0 Å². The normalized spacial score (nSPS) is 27.3. The van der Waals surface area contributed by atoms with E-state index < -0.39 is 0 Å². The van der Waals surface area contributed by atoms with Gasteiger partial charge in [-0.15, -0.1) is 0 Å². The zero-order chi connectivity index (χ0) is 18.4. The van der Waals surface area contributed by atoms with Crippen LogP contribution in [0, 0.1) is 31.1 Å². The third-order valence-corrected chi connectivity index (χ3v) is 6.41. The zero-order valence-corrected chi connectivity index (χ0v) is 15.7. The van der Waals surface area contributed by atoms with Crippen LogP contribution in [-0.2, 0) is 16.0 Å². The van der Waals surface area contributed by atoms with Gasteiger partial charge in [0.1, 0.15) is 5.92 Å². The van der Waals surface area contributed by atoms with Gasteiger partial charge in [0.2, 0.25) is 0 Å². The van der Waals surface area contributed by atoms with Crippen LogP contribution in [0.5, 0.6) is 0 Å². The monoisotopic (exact) mass is 361 g/mol. The highest BCUT2D eigenvalue weighted by Gasteiger charge is 2.43. The molecule has 139 valence electrons. The molecule has 0 bridgehead atoms. The van der Waals surface area contributed by atoms with Gasteiger partial charge in [-0.05, 0) is 56.1 Å². The minimum Gasteiger partial charge on any atom is -0.468 e. The summed E-state index contributed by atoms with van der Waals surface area (Å²) in [7, 11) is 1.50. The summed E-state index contributed by atoms with van der Waals surface area (Å²) in [4.78, 5) is 18.8. The smallest absolute Gasteiger partial charge is 0.315 e. The summed E-state index contributed by atoms with van der Waals surface area (Å²) in [6.07, 6.45) is 11.2. The number of nitrogens with zero attached hydrogens (tertiary/aromatic N) is 1. The Bertz CT molecular complexity index is 842. The predicted octanol–water partition coefficient (Wildman–Crippen LogP) is 3.61. The van der Waals surface area contributed by atoms with E-state index in [1.165, 1.54) is 49.2 Å². The van der Waals surface area contributed by atoms with Crippen molar-refractivity contribution in [3.63, 3.8) is 0 Å². The Kier molecular flexibility index (Phi) is 4.47. The van der Waals surface area contributed by atoms with Crippen molar-refractivity contribution in [3.8, 4) is 0 Å². The lowest BCUT2D eigenvalue weighted by Crippen LogP contribution is -2.45. The Morgan fingerprint density at radius 3 is 3.00 bits per heavy atom. The van der Waals surface area contributed by atoms with Crippen molar-refractivity contribution in [1.82, 2.24) is 9.88 Å². The first-order valence-corrected chi connectivity index (χ1v) is 9.92. The number of rotatable bonds is 2. The van der Waals surface area contributed by atoms with E-state index in [0.29, 0.717) is 12.6 Å². The maximum Gasteiger partial charge on any atom is 0.315 e. The maximum atomic E-state index is 12.7. The molecule has 1 N–H and O–H groups in total. The van der Waals surface area contributed by atoms with Crippen LogP contribution in [0.2, 0.25) is 0 Å². The largest absolute Gasteiger partial charge is 0.468 e. The van der Waals surface area contributed by atoms with Gasteiger partial charge in [-0.3, -0.25) is 9.69 Å². The Balaban J connectivity index is 1.50. The van der Waals surface area contributed by atoms with Crippen LogP contribution in [0.15, 0.2) is 24.3 Å². The molecule has 27 heavy (non-hydrogen) atoms. The number of carbonyl (C=O) groups is 1. The van der Waals surface area contributed by atoms with E-state index in [1.807, 2.05) is 6.07 Å². The van der Waals surface area contributed by atoms with Crippen molar-refractivity contribution in [2.75, 3.05) is 20.2 Å². The number of fused-ring (bicyclic) bond motifs is 4. The Labute approximate surface area is 161 Å². The molecule has 2 aliphatic carbocycles. The van der Waals surface area contributed by atoms with Crippen molar-refractivity contribution >= 4 is 16.9 Å². The van der Waals surface area contributed by atoms with Crippen LogP contribution in [0.3, 0.4) is 0 Å². The van der Waals surface area contributed by atoms with Gasteiger partial charge < -0.3 is 9.72 Å². The number of aromatic amines is 1. The third kappa shape index (κ3) is 2.89. The van der Waals surface area contributed by atoms with Crippen molar-refractivity contribution in [2.45, 2.75) is 37.6 Å². The van der Waals surface area contributed by atoms with Crippen molar-refractivity contribution < 1.29 is 9.53 Å². The van der Waals surface area contributed by atoms with Gasteiger partial charge in [-0.1, -0.05) is 24.6 Å². The lowest BCUT2D eigenvalue weighted by atomic mass is 9.77. The second-order valence-corrected chi connectivity index (χ2v) is 7.80. The first kappa shape index (κ1) is 17.3. The first-order valence-electron chi connectivity index (χ1n) is 9.92. The molecule has 1 aliphatic heterocycles. The van der Waals surface area contributed by atoms with Gasteiger partial charge >= 0.3 is 5.97 Å². The molecule has 2 atom stereocenters. The van der Waals surface area contributed by atoms with E-state index in [1.54, 1.807) is 0 Å². The summed E-state index contributed by atoms with van der Waals surface area (Å²) >= 11 is 0. The first-order chi connectivity index (χ1) is 13.3. The fraction of sp³-hybridized carbons (Fsp3) is 0.391. The molecule has 3 aliphatic rings. The van der Waals surface area contributed by atoms with Crippen molar-refractivity contribution in [3.05, 3.63) is 66.6 Å². The van der Waals surface area contributed by atoms with Crippen LogP contribution >= 0.6 is 0 Å². The van der Waals surface area contributed by atoms with Crippen LogP contribution in [0.25, 0.3) is 10.9 Å². The third-order valence-electron chi connectivity index (χ3n) is 6.41. The van der Waals surface area contributed by atoms with E-state index >= 15 is 0 Å². The number of esters is 1. The lowest BCUT2D eigenvalue weighted by Gasteiger charge is -2.41. The molecule has 2 aromatic rings. The highest BCUT2D eigenvalue weighted by molar-refractivity contribution is 5.88. The second-order valence-electron chi connectivity index (χ2n) is 7.80. The lowest BCUT2D eigenvalue weighted by molar-refractivity contribution is -0.143. The van der Waals surface area contributed by atoms with E-state index in [4.69, 9.17) is 4.74 Å². The highest BCUT2D eigenvalue weighted by atomic mass is 16.5. The number of H-pyrrole nitrogens is 1. The molecule has 4 heteroatoms. The quantitative estimate of drug-likeness (QED) is 0.831. The van der Waals surface area contributed by atoms with Gasteiger partial charge in [0, 0.05) is 41.6 Å². The standard InChI is InChI=1S/C23H25N2O2/c1-27-23(26)19-14-25(21-11-5-7-15-6-4-9-16(15)21)13-12-18-17-8-2-3-10-20(17)24-22(18)19/h2-4,6,8-10,19,21,24H,5,7,11-14H2,1H3. The average molecular weight is 361 g/mol. The topological polar surface area (TPSA) is 45.3 Å². The number of carbonyl (C=O) groups excluding carboxylic acids is 1. The van der Waals surface area contributed by atoms with Gasteiger partial charge in [0.15, 0.2) is 0 Å². The number of nitrogens with one attached hydrogen (secondary N) is 1. The maximum absolute atomic E-state index is 12.7. The molecular formula is C23H25N2O2. The average Bonchev–Trinajstić information content (AvgIpc) is 3.28. The number of aromatic nitrogens is 1. The minimum atomic E-state index is -0.264. The van der Waals surface area contributed by atoms with Crippen molar-refractivity contribution in [2.24, 2.45) is 0 Å². The van der Waals surface area contributed by atoms with Gasteiger partial charge in [0.25, 0.3) is 0 Å². The predicted molar refractivity (Wildman–Crippen MR) is 105 cm³/mol. The number of hydrogen-bond acceptors (Lipinski definition) is 3. The molecule has 0 spiro atoms. The molecule has 5 rings (SSSR count). The zero-order valence-electron chi connectivity index (χ0n) is 15.7. The van der Waals surface area contributed by atoms with E-state index in [2.05, 4.69) is 47.3 Å². The van der Waals surface area contributed by atoms with E-state index in [0.717, 1.165) is 24.2 Å². The minimum absolute atomic E-state index is 0.145. The molecular weight excluding hydrogens is 336 g/mol. The van der Waals surface area contributed by atoms with Crippen molar-refractivity contribution in [1.29, 1.82) is 0 Å². The molecule has 1 aromatic heterocycles. The molecule has 4 nitrogen and oxygen atoms in total. The van der Waals surface area contributed by atoms with Gasteiger partial charge in [-0.25, -0.2) is 0 Å². The number of para-hydroxylation sites is 1. The second kappa shape index (κ2) is 6.97. The molecule has 0 amide bonds. The van der Waals surface area contributed by atoms with Crippen LogP contribution in [-0.4, -0.2) is 42.1 Å². The number of ether oxygens (including phenoxy) is 1. The van der Waals surface area contributed by atoms with Crippen LogP contribution in [0.4, 0.5) is 0 Å². The SMILES string of the molecule is COC(=O)C1CN(C2CCC[C]3[CH][CH][CH][C]32)CCc2c1[nH]c1ccccc21. The molecule has 0 saturated heterocycles. The summed E-state index contributed by atoms with van der Waals surface area (Å²) in [5.41, 5.74) is 3.44. The summed E-state index contributed by atoms with van der Waals surface area (Å²) in [5.74, 6) is 2.53. The molecule has 1 aromatic carbocycles. The number of methoxy groups -OCH3 is 1. The molecule has 2 saturated carbocycles. The summed E-state index contributed by atoms with van der Waals surface area (Å²) < 4.78 is 5.20. The summed E-state index contributed by atoms with van der Waals surface area (Å²) in [5, 5.41) is 1.24. The van der Waals surface area contributed by atoms with E-state index in [9.17, 15) is 4.79 Å². The number of hydrogen-bond donors (Lipinski definition) is 1. The molecule has 5 radical (unpaired) electrons.